The van der Waals surface area contributed by atoms with E-state index in [2.05, 4.69) is 25.5 Å². The number of morpholine rings is 1. The van der Waals surface area contributed by atoms with Gasteiger partial charge >= 0.3 is 5.63 Å². The smallest absolute Gasteiger partial charge is 0.335 e. The van der Waals surface area contributed by atoms with Crippen molar-refractivity contribution in [2.75, 3.05) is 41.8 Å². The standard InChI is InChI=1S/C21H21N5O4/c1-14-12-18(25-21(22-14)26-8-10-29-11-9-26)23-16-3-5-17(6-4-16)24-20(28)15-2-7-19(27)30-13-15/h2-7,12-13H,8-11H2,1H3,(H,24,28)(H,22,23,25). The first-order valence-corrected chi connectivity index (χ1v) is 9.52. The third-order valence-corrected chi connectivity index (χ3v) is 4.51. The van der Waals surface area contributed by atoms with Crippen LogP contribution < -0.4 is 21.2 Å². The van der Waals surface area contributed by atoms with Crippen LogP contribution in [0.1, 0.15) is 16.1 Å². The third-order valence-electron chi connectivity index (χ3n) is 4.51. The summed E-state index contributed by atoms with van der Waals surface area (Å²) in [5.74, 6) is 1.01. The van der Waals surface area contributed by atoms with E-state index in [0.717, 1.165) is 30.7 Å². The zero-order valence-electron chi connectivity index (χ0n) is 16.4. The van der Waals surface area contributed by atoms with Gasteiger partial charge in [-0.15, -0.1) is 0 Å². The molecule has 9 heteroatoms. The van der Waals surface area contributed by atoms with Gasteiger partial charge in [-0.05, 0) is 37.3 Å². The molecule has 0 atom stereocenters. The average Bonchev–Trinajstić information content (AvgIpc) is 2.76. The van der Waals surface area contributed by atoms with Crippen LogP contribution in [0, 0.1) is 6.92 Å². The maximum absolute atomic E-state index is 12.2. The molecular weight excluding hydrogens is 386 g/mol. The van der Waals surface area contributed by atoms with Gasteiger partial charge in [0.1, 0.15) is 12.1 Å². The quantitative estimate of drug-likeness (QED) is 0.664. The summed E-state index contributed by atoms with van der Waals surface area (Å²) < 4.78 is 10.1. The van der Waals surface area contributed by atoms with E-state index in [1.807, 2.05) is 25.1 Å². The Hall–Kier alpha value is -3.72. The van der Waals surface area contributed by atoms with Crippen LogP contribution in [0.25, 0.3) is 0 Å². The van der Waals surface area contributed by atoms with Crippen molar-refractivity contribution in [3.63, 3.8) is 0 Å². The first kappa shape index (κ1) is 19.6. The molecule has 0 saturated carbocycles. The fourth-order valence-corrected chi connectivity index (χ4v) is 3.00. The molecule has 0 bridgehead atoms. The molecule has 1 aromatic carbocycles. The van der Waals surface area contributed by atoms with Gasteiger partial charge < -0.3 is 24.7 Å². The molecule has 30 heavy (non-hydrogen) atoms. The highest BCUT2D eigenvalue weighted by Gasteiger charge is 2.15. The molecule has 0 spiro atoms. The maximum atomic E-state index is 12.2. The van der Waals surface area contributed by atoms with Crippen molar-refractivity contribution in [1.82, 2.24) is 9.97 Å². The van der Waals surface area contributed by atoms with Crippen molar-refractivity contribution in [3.05, 3.63) is 70.4 Å². The minimum Gasteiger partial charge on any atom is -0.430 e. The molecular formula is C21H21N5O4. The number of carbonyl (C=O) groups excluding carboxylic acids is 1. The summed E-state index contributed by atoms with van der Waals surface area (Å²) >= 11 is 0. The van der Waals surface area contributed by atoms with E-state index in [-0.39, 0.29) is 11.5 Å². The topological polar surface area (TPSA) is 110 Å². The number of nitrogens with one attached hydrogen (secondary N) is 2. The molecule has 9 nitrogen and oxygen atoms in total. The number of aryl methyl sites for hydroxylation is 1. The van der Waals surface area contributed by atoms with Crippen LogP contribution in [0.3, 0.4) is 0 Å². The Kier molecular flexibility index (Phi) is 5.71. The first-order chi connectivity index (χ1) is 14.6. The monoisotopic (exact) mass is 407 g/mol. The number of nitrogens with zero attached hydrogens (tertiary/aromatic N) is 3. The van der Waals surface area contributed by atoms with E-state index >= 15 is 0 Å². The van der Waals surface area contributed by atoms with E-state index in [1.54, 1.807) is 12.1 Å². The molecule has 3 heterocycles. The van der Waals surface area contributed by atoms with Crippen molar-refractivity contribution < 1.29 is 13.9 Å². The number of aromatic nitrogens is 2. The van der Waals surface area contributed by atoms with Gasteiger partial charge in [0.2, 0.25) is 5.95 Å². The highest BCUT2D eigenvalue weighted by Crippen LogP contribution is 2.21. The molecule has 0 aliphatic carbocycles. The molecule has 2 aromatic heterocycles. The van der Waals surface area contributed by atoms with Gasteiger partial charge in [-0.25, -0.2) is 9.78 Å². The lowest BCUT2D eigenvalue weighted by molar-refractivity contribution is 0.102. The predicted molar refractivity (Wildman–Crippen MR) is 112 cm³/mol. The Morgan fingerprint density at radius 3 is 2.47 bits per heavy atom. The molecule has 4 rings (SSSR count). The number of carbonyl (C=O) groups is 1. The van der Waals surface area contributed by atoms with Crippen molar-refractivity contribution in [2.24, 2.45) is 0 Å². The summed E-state index contributed by atoms with van der Waals surface area (Å²) in [7, 11) is 0. The van der Waals surface area contributed by atoms with Crippen molar-refractivity contribution in [3.8, 4) is 0 Å². The van der Waals surface area contributed by atoms with Crippen LogP contribution in [0.2, 0.25) is 0 Å². The van der Waals surface area contributed by atoms with Gasteiger partial charge in [0.15, 0.2) is 0 Å². The first-order valence-electron chi connectivity index (χ1n) is 9.52. The van der Waals surface area contributed by atoms with E-state index in [0.29, 0.717) is 30.7 Å². The van der Waals surface area contributed by atoms with Crippen LogP contribution in [0.4, 0.5) is 23.1 Å². The Morgan fingerprint density at radius 2 is 1.77 bits per heavy atom. The molecule has 3 aromatic rings. The summed E-state index contributed by atoms with van der Waals surface area (Å²) in [6, 6.07) is 11.7. The van der Waals surface area contributed by atoms with Crippen molar-refractivity contribution in [1.29, 1.82) is 0 Å². The second-order valence-electron chi connectivity index (χ2n) is 6.79. The fourth-order valence-electron chi connectivity index (χ4n) is 3.00. The fraction of sp³-hybridized carbons (Fsp3) is 0.238. The van der Waals surface area contributed by atoms with Crippen molar-refractivity contribution in [2.45, 2.75) is 6.92 Å². The van der Waals surface area contributed by atoms with Crippen LogP contribution in [-0.4, -0.2) is 42.2 Å². The lowest BCUT2D eigenvalue weighted by Crippen LogP contribution is -2.37. The second kappa shape index (κ2) is 8.75. The van der Waals surface area contributed by atoms with Gasteiger partial charge in [-0.2, -0.15) is 4.98 Å². The van der Waals surface area contributed by atoms with E-state index in [9.17, 15) is 9.59 Å². The number of anilines is 4. The molecule has 2 N–H and O–H groups in total. The minimum atomic E-state index is -0.501. The lowest BCUT2D eigenvalue weighted by Gasteiger charge is -2.27. The van der Waals surface area contributed by atoms with Gasteiger partial charge in [0.05, 0.1) is 18.8 Å². The summed E-state index contributed by atoms with van der Waals surface area (Å²) in [4.78, 5) is 34.4. The summed E-state index contributed by atoms with van der Waals surface area (Å²) in [5.41, 5.74) is 2.07. The van der Waals surface area contributed by atoms with Gasteiger partial charge in [-0.1, -0.05) is 0 Å². The summed E-state index contributed by atoms with van der Waals surface area (Å²) in [5, 5.41) is 6.03. The SMILES string of the molecule is Cc1cc(Nc2ccc(NC(=O)c3ccc(=O)oc3)cc2)nc(N2CCOCC2)n1. The number of benzene rings is 1. The zero-order chi connectivity index (χ0) is 20.9. The second-order valence-corrected chi connectivity index (χ2v) is 6.79. The third kappa shape index (κ3) is 4.81. The Balaban J connectivity index is 1.43. The number of ether oxygens (including phenoxy) is 1. The molecule has 1 amide bonds. The van der Waals surface area contributed by atoms with Gasteiger partial charge in [-0.3, -0.25) is 4.79 Å². The minimum absolute atomic E-state index is 0.268. The van der Waals surface area contributed by atoms with Crippen molar-refractivity contribution >= 4 is 29.0 Å². The predicted octanol–water partition coefficient (Wildman–Crippen LogP) is 2.57. The van der Waals surface area contributed by atoms with E-state index in [1.165, 1.54) is 12.1 Å². The normalized spacial score (nSPS) is 13.7. The van der Waals surface area contributed by atoms with E-state index < -0.39 is 5.63 Å². The number of rotatable bonds is 5. The zero-order valence-corrected chi connectivity index (χ0v) is 16.4. The maximum Gasteiger partial charge on any atom is 0.335 e. The number of hydrogen-bond donors (Lipinski definition) is 2. The van der Waals surface area contributed by atoms with Crippen LogP contribution in [-0.2, 0) is 4.74 Å². The largest absolute Gasteiger partial charge is 0.430 e. The molecule has 1 fully saturated rings. The summed E-state index contributed by atoms with van der Waals surface area (Å²) in [6.45, 7) is 4.80. The molecule has 1 aliphatic rings. The molecule has 1 saturated heterocycles. The average molecular weight is 407 g/mol. The number of hydrogen-bond acceptors (Lipinski definition) is 8. The van der Waals surface area contributed by atoms with Crippen LogP contribution in [0.5, 0.6) is 0 Å². The highest BCUT2D eigenvalue weighted by atomic mass is 16.5. The number of amides is 1. The Bertz CT molecular complexity index is 1070. The molecule has 154 valence electrons. The molecule has 1 aliphatic heterocycles. The Labute approximate surface area is 172 Å². The highest BCUT2D eigenvalue weighted by molar-refractivity contribution is 6.03. The lowest BCUT2D eigenvalue weighted by atomic mass is 10.2. The van der Waals surface area contributed by atoms with Crippen LogP contribution in [0.15, 0.2) is 57.9 Å². The van der Waals surface area contributed by atoms with Crippen LogP contribution >= 0.6 is 0 Å². The van der Waals surface area contributed by atoms with Gasteiger partial charge in [0, 0.05) is 42.3 Å². The molecule has 0 radical (unpaired) electrons. The Morgan fingerprint density at radius 1 is 1.03 bits per heavy atom. The van der Waals surface area contributed by atoms with Gasteiger partial charge in [0.25, 0.3) is 5.91 Å². The van der Waals surface area contributed by atoms with E-state index in [4.69, 9.17) is 9.15 Å². The molecule has 0 unspecified atom stereocenters. The summed E-state index contributed by atoms with van der Waals surface area (Å²) in [6.07, 6.45) is 1.14.